The summed E-state index contributed by atoms with van der Waals surface area (Å²) < 4.78 is 7.26. The van der Waals surface area contributed by atoms with Gasteiger partial charge in [0.15, 0.2) is 0 Å². The van der Waals surface area contributed by atoms with E-state index in [0.29, 0.717) is 44.1 Å². The summed E-state index contributed by atoms with van der Waals surface area (Å²) in [6, 6.07) is 6.84. The van der Waals surface area contributed by atoms with Gasteiger partial charge in [0.2, 0.25) is 5.91 Å². The average Bonchev–Trinajstić information content (AvgIpc) is 3.14. The van der Waals surface area contributed by atoms with E-state index >= 15 is 0 Å². The highest BCUT2D eigenvalue weighted by atomic mass is 35.5. The van der Waals surface area contributed by atoms with Crippen LogP contribution in [0.2, 0.25) is 0 Å². The molecule has 0 aliphatic carbocycles. The van der Waals surface area contributed by atoms with Gasteiger partial charge in [-0.15, -0.1) is 12.4 Å². The maximum atomic E-state index is 12.9. The molecule has 1 aromatic carbocycles. The minimum absolute atomic E-state index is 0. The molecule has 0 radical (unpaired) electrons. The van der Waals surface area contributed by atoms with Crippen LogP contribution in [0.4, 0.5) is 0 Å². The molecule has 158 valence electrons. The van der Waals surface area contributed by atoms with Crippen LogP contribution < -0.4 is 10.1 Å². The summed E-state index contributed by atoms with van der Waals surface area (Å²) in [4.78, 5) is 29.4. The number of hydrogen-bond donors (Lipinski definition) is 1. The molecular formula is C20H28ClN5O3. The second kappa shape index (κ2) is 10.3. The van der Waals surface area contributed by atoms with Crippen molar-refractivity contribution in [3.63, 3.8) is 0 Å². The number of nitrogens with one attached hydrogen (secondary N) is 1. The van der Waals surface area contributed by atoms with Crippen molar-refractivity contribution in [1.29, 1.82) is 0 Å². The van der Waals surface area contributed by atoms with Crippen molar-refractivity contribution in [2.24, 2.45) is 7.05 Å². The van der Waals surface area contributed by atoms with Gasteiger partial charge in [-0.1, -0.05) is 12.1 Å². The van der Waals surface area contributed by atoms with Crippen LogP contribution >= 0.6 is 12.4 Å². The number of piperazine rings is 1. The summed E-state index contributed by atoms with van der Waals surface area (Å²) in [6.07, 6.45) is 3.53. The predicted molar refractivity (Wildman–Crippen MR) is 112 cm³/mol. The summed E-state index contributed by atoms with van der Waals surface area (Å²) in [5.41, 5.74) is 1.40. The molecule has 3 rings (SSSR count). The Morgan fingerprint density at radius 3 is 2.41 bits per heavy atom. The lowest BCUT2D eigenvalue weighted by Crippen LogP contribution is -2.52. The van der Waals surface area contributed by atoms with Gasteiger partial charge in [0.1, 0.15) is 11.8 Å². The zero-order valence-electron chi connectivity index (χ0n) is 17.0. The van der Waals surface area contributed by atoms with Crippen LogP contribution in [0.3, 0.4) is 0 Å². The van der Waals surface area contributed by atoms with E-state index in [1.165, 1.54) is 0 Å². The number of para-hydroxylation sites is 1. The number of nitrogens with zero attached hydrogens (tertiary/aromatic N) is 4. The number of aromatic nitrogens is 2. The lowest BCUT2D eigenvalue weighted by Gasteiger charge is -2.36. The molecule has 1 atom stereocenters. The molecule has 2 aromatic rings. The molecule has 9 heteroatoms. The molecule has 1 aromatic heterocycles. The van der Waals surface area contributed by atoms with Crippen LogP contribution in [-0.4, -0.2) is 71.2 Å². The second-order valence-corrected chi connectivity index (χ2v) is 6.72. The number of carbonyl (C=O) groups is 2. The molecule has 0 saturated carbocycles. The molecule has 29 heavy (non-hydrogen) atoms. The van der Waals surface area contributed by atoms with Gasteiger partial charge in [-0.2, -0.15) is 5.10 Å². The Balaban J connectivity index is 0.00000300. The highest BCUT2D eigenvalue weighted by Gasteiger charge is 2.30. The van der Waals surface area contributed by atoms with E-state index < -0.39 is 6.04 Å². The third-order valence-electron chi connectivity index (χ3n) is 4.89. The highest BCUT2D eigenvalue weighted by molar-refractivity contribution is 5.97. The van der Waals surface area contributed by atoms with Crippen molar-refractivity contribution in [3.05, 3.63) is 47.8 Å². The normalized spacial score (nSPS) is 14.9. The van der Waals surface area contributed by atoms with E-state index in [1.807, 2.05) is 38.4 Å². The van der Waals surface area contributed by atoms with Gasteiger partial charge in [-0.25, -0.2) is 0 Å². The fourth-order valence-electron chi connectivity index (χ4n) is 3.43. The lowest BCUT2D eigenvalue weighted by molar-refractivity contribution is -0.135. The molecule has 0 bridgehead atoms. The van der Waals surface area contributed by atoms with E-state index in [1.54, 1.807) is 33.8 Å². The van der Waals surface area contributed by atoms with Gasteiger partial charge in [-0.05, 0) is 26.1 Å². The fourth-order valence-corrected chi connectivity index (χ4v) is 3.43. The van der Waals surface area contributed by atoms with Crippen molar-refractivity contribution >= 4 is 24.2 Å². The van der Waals surface area contributed by atoms with Crippen LogP contribution in [-0.2, 0) is 11.8 Å². The van der Waals surface area contributed by atoms with Gasteiger partial charge in [0, 0.05) is 45.0 Å². The maximum absolute atomic E-state index is 12.9. The van der Waals surface area contributed by atoms with Gasteiger partial charge < -0.3 is 19.9 Å². The first-order valence-electron chi connectivity index (χ1n) is 9.50. The summed E-state index contributed by atoms with van der Waals surface area (Å²) >= 11 is 0. The number of aryl methyl sites for hydroxylation is 1. The van der Waals surface area contributed by atoms with Crippen LogP contribution in [0.5, 0.6) is 5.75 Å². The Morgan fingerprint density at radius 1 is 1.17 bits per heavy atom. The van der Waals surface area contributed by atoms with E-state index in [9.17, 15) is 9.59 Å². The molecule has 1 fully saturated rings. The third kappa shape index (κ3) is 5.07. The molecule has 1 N–H and O–H groups in total. The quantitative estimate of drug-likeness (QED) is 0.764. The standard InChI is InChI=1S/C20H27N5O3.ClH/c1-4-28-17-8-6-5-7-16(17)19(26)24-9-11-25(12-10-24)20(27)18(21-2)15-13-22-23(3)14-15;/h5-8,13-14,18,21H,4,9-12H2,1-3H3;1H. The van der Waals surface area contributed by atoms with Gasteiger partial charge in [0.05, 0.1) is 18.4 Å². The first-order chi connectivity index (χ1) is 13.5. The number of benzene rings is 1. The Kier molecular flexibility index (Phi) is 8.04. The number of amides is 2. The summed E-state index contributed by atoms with van der Waals surface area (Å²) in [5, 5.41) is 7.21. The number of carbonyl (C=O) groups excluding carboxylic acids is 2. The smallest absolute Gasteiger partial charge is 0.257 e. The number of rotatable bonds is 6. The third-order valence-corrected chi connectivity index (χ3v) is 4.89. The topological polar surface area (TPSA) is 79.7 Å². The fraction of sp³-hybridized carbons (Fsp3) is 0.450. The molecule has 2 heterocycles. The van der Waals surface area contributed by atoms with Gasteiger partial charge in [-0.3, -0.25) is 14.3 Å². The van der Waals surface area contributed by atoms with Crippen molar-refractivity contribution in [2.75, 3.05) is 39.8 Å². The summed E-state index contributed by atoms with van der Waals surface area (Å²) in [5.74, 6) is 0.534. The number of ether oxygens (including phenoxy) is 1. The highest BCUT2D eigenvalue weighted by Crippen LogP contribution is 2.21. The zero-order valence-corrected chi connectivity index (χ0v) is 17.8. The van der Waals surface area contributed by atoms with E-state index in [4.69, 9.17) is 4.74 Å². The predicted octanol–water partition coefficient (Wildman–Crippen LogP) is 1.49. The minimum Gasteiger partial charge on any atom is -0.493 e. The monoisotopic (exact) mass is 421 g/mol. The number of hydrogen-bond acceptors (Lipinski definition) is 5. The minimum atomic E-state index is -0.436. The molecule has 2 amide bonds. The van der Waals surface area contributed by atoms with Gasteiger partial charge >= 0.3 is 0 Å². The first-order valence-corrected chi connectivity index (χ1v) is 9.50. The van der Waals surface area contributed by atoms with Crippen LogP contribution in [0.25, 0.3) is 0 Å². The molecule has 1 unspecified atom stereocenters. The van der Waals surface area contributed by atoms with Crippen molar-refractivity contribution in [1.82, 2.24) is 24.9 Å². The second-order valence-electron chi connectivity index (χ2n) is 6.72. The Hall–Kier alpha value is -2.58. The van der Waals surface area contributed by atoms with Gasteiger partial charge in [0.25, 0.3) is 5.91 Å². The van der Waals surface area contributed by atoms with E-state index in [2.05, 4.69) is 10.4 Å². The van der Waals surface area contributed by atoms with Crippen LogP contribution in [0.1, 0.15) is 28.9 Å². The SMILES string of the molecule is CCOc1ccccc1C(=O)N1CCN(C(=O)C(NC)c2cnn(C)c2)CC1.Cl. The van der Waals surface area contributed by atoms with E-state index in [-0.39, 0.29) is 24.2 Å². The maximum Gasteiger partial charge on any atom is 0.257 e. The zero-order chi connectivity index (χ0) is 20.1. The van der Waals surface area contributed by atoms with Crippen molar-refractivity contribution in [3.8, 4) is 5.75 Å². The molecule has 1 saturated heterocycles. The van der Waals surface area contributed by atoms with E-state index in [0.717, 1.165) is 5.56 Å². The summed E-state index contributed by atoms with van der Waals surface area (Å²) in [6.45, 7) is 4.39. The molecule has 0 spiro atoms. The largest absolute Gasteiger partial charge is 0.493 e. The Morgan fingerprint density at radius 2 is 1.83 bits per heavy atom. The lowest BCUT2D eigenvalue weighted by atomic mass is 10.1. The molecule has 1 aliphatic heterocycles. The average molecular weight is 422 g/mol. The first kappa shape index (κ1) is 22.7. The Labute approximate surface area is 177 Å². The van der Waals surface area contributed by atoms with Crippen LogP contribution in [0.15, 0.2) is 36.7 Å². The van der Waals surface area contributed by atoms with Crippen molar-refractivity contribution < 1.29 is 14.3 Å². The molecule has 1 aliphatic rings. The number of halogens is 1. The Bertz CT molecular complexity index is 833. The number of likely N-dealkylation sites (N-methyl/N-ethyl adjacent to an activating group) is 1. The van der Waals surface area contributed by atoms with Crippen LogP contribution in [0, 0.1) is 0 Å². The van der Waals surface area contributed by atoms with Crippen molar-refractivity contribution in [2.45, 2.75) is 13.0 Å². The molecule has 8 nitrogen and oxygen atoms in total. The summed E-state index contributed by atoms with van der Waals surface area (Å²) in [7, 11) is 3.59. The molecular weight excluding hydrogens is 394 g/mol.